The Labute approximate surface area is 145 Å². The molecule has 0 rings (SSSR count). The summed E-state index contributed by atoms with van der Waals surface area (Å²) in [7, 11) is 0. The van der Waals surface area contributed by atoms with Crippen LogP contribution < -0.4 is 0 Å². The molecule has 0 aromatic rings. The Hall–Kier alpha value is -0.320. The van der Waals surface area contributed by atoms with E-state index in [-0.39, 0.29) is 13.2 Å². The highest BCUT2D eigenvalue weighted by atomic mass is 16.6. The summed E-state index contributed by atoms with van der Waals surface area (Å²) in [5.74, 6) is 0. The molecule has 0 fully saturated rings. The van der Waals surface area contributed by atoms with Crippen LogP contribution in [0.3, 0.4) is 0 Å². The molecular formula is C16H36O8. The largest absolute Gasteiger partial charge is 0.394 e. The van der Waals surface area contributed by atoms with Gasteiger partial charge in [0.1, 0.15) is 0 Å². The zero-order chi connectivity index (χ0) is 18.1. The summed E-state index contributed by atoms with van der Waals surface area (Å²) in [4.78, 5) is 0. The zero-order valence-corrected chi connectivity index (χ0v) is 15.2. The zero-order valence-electron chi connectivity index (χ0n) is 15.2. The summed E-state index contributed by atoms with van der Waals surface area (Å²) in [5.41, 5.74) is 0. The number of ether oxygens (including phenoxy) is 6. The molecule has 0 atom stereocenters. The van der Waals surface area contributed by atoms with Crippen LogP contribution >= 0.6 is 0 Å². The molecule has 24 heavy (non-hydrogen) atoms. The van der Waals surface area contributed by atoms with Crippen molar-refractivity contribution in [3.63, 3.8) is 0 Å². The lowest BCUT2D eigenvalue weighted by Gasteiger charge is -2.05. The number of hydrogen-bond acceptors (Lipinski definition) is 8. The summed E-state index contributed by atoms with van der Waals surface area (Å²) >= 11 is 0. The first-order chi connectivity index (χ1) is 11.8. The van der Waals surface area contributed by atoms with Crippen LogP contribution in [0.4, 0.5) is 0 Å². The van der Waals surface area contributed by atoms with Gasteiger partial charge in [-0.05, 0) is 13.8 Å². The summed E-state index contributed by atoms with van der Waals surface area (Å²) in [6.07, 6.45) is 0. The van der Waals surface area contributed by atoms with Gasteiger partial charge in [-0.2, -0.15) is 0 Å². The van der Waals surface area contributed by atoms with Gasteiger partial charge in [0.25, 0.3) is 0 Å². The van der Waals surface area contributed by atoms with E-state index in [2.05, 4.69) is 0 Å². The van der Waals surface area contributed by atoms with Gasteiger partial charge in [0, 0.05) is 13.2 Å². The molecule has 0 aliphatic heterocycles. The van der Waals surface area contributed by atoms with Crippen LogP contribution in [0.1, 0.15) is 13.8 Å². The lowest BCUT2D eigenvalue weighted by Crippen LogP contribution is -2.11. The summed E-state index contributed by atoms with van der Waals surface area (Å²) in [6, 6.07) is 0. The third-order valence-corrected chi connectivity index (χ3v) is 2.37. The Balaban J connectivity index is 0. The highest BCUT2D eigenvalue weighted by Gasteiger charge is 1.90. The summed E-state index contributed by atoms with van der Waals surface area (Å²) in [5, 5.41) is 16.5. The van der Waals surface area contributed by atoms with Crippen LogP contribution in [0.5, 0.6) is 0 Å². The van der Waals surface area contributed by atoms with Crippen LogP contribution in [0.15, 0.2) is 0 Å². The van der Waals surface area contributed by atoms with Crippen molar-refractivity contribution in [3.8, 4) is 0 Å². The van der Waals surface area contributed by atoms with Gasteiger partial charge < -0.3 is 38.6 Å². The van der Waals surface area contributed by atoms with E-state index in [1.54, 1.807) is 0 Å². The molecule has 0 aliphatic carbocycles. The van der Waals surface area contributed by atoms with Gasteiger partial charge in [-0.25, -0.2) is 0 Å². The fraction of sp³-hybridized carbons (Fsp3) is 1.00. The Morgan fingerprint density at radius 3 is 0.917 bits per heavy atom. The minimum absolute atomic E-state index is 0.0417. The highest BCUT2D eigenvalue weighted by molar-refractivity contribution is 4.33. The average Bonchev–Trinajstić information content (AvgIpc) is 2.60. The van der Waals surface area contributed by atoms with E-state index in [1.165, 1.54) is 0 Å². The Morgan fingerprint density at radius 2 is 0.667 bits per heavy atom. The minimum Gasteiger partial charge on any atom is -0.394 e. The third-order valence-electron chi connectivity index (χ3n) is 2.37. The fourth-order valence-electron chi connectivity index (χ4n) is 1.30. The molecule has 148 valence electrons. The van der Waals surface area contributed by atoms with Crippen molar-refractivity contribution < 1.29 is 38.6 Å². The van der Waals surface area contributed by atoms with Crippen LogP contribution in [-0.2, 0) is 28.4 Å². The van der Waals surface area contributed by atoms with Gasteiger partial charge in [0.05, 0.1) is 79.3 Å². The predicted octanol–water partition coefficient (Wildman–Crippen LogP) is 0.0968. The molecule has 8 heteroatoms. The van der Waals surface area contributed by atoms with Crippen LogP contribution in [0, 0.1) is 0 Å². The van der Waals surface area contributed by atoms with E-state index in [9.17, 15) is 0 Å². The molecule has 0 aromatic carbocycles. The van der Waals surface area contributed by atoms with Gasteiger partial charge in [0.15, 0.2) is 0 Å². The molecule has 0 aromatic heterocycles. The van der Waals surface area contributed by atoms with Crippen molar-refractivity contribution in [3.05, 3.63) is 0 Å². The van der Waals surface area contributed by atoms with E-state index in [0.717, 1.165) is 13.2 Å². The van der Waals surface area contributed by atoms with Crippen molar-refractivity contribution in [2.75, 3.05) is 92.5 Å². The summed E-state index contributed by atoms with van der Waals surface area (Å²) < 4.78 is 30.5. The van der Waals surface area contributed by atoms with Gasteiger partial charge in [0.2, 0.25) is 0 Å². The molecule has 0 unspecified atom stereocenters. The van der Waals surface area contributed by atoms with Crippen LogP contribution in [0.25, 0.3) is 0 Å². The molecule has 8 nitrogen and oxygen atoms in total. The maximum atomic E-state index is 8.26. The fourth-order valence-corrected chi connectivity index (χ4v) is 1.30. The lowest BCUT2D eigenvalue weighted by molar-refractivity contribution is 0.000930. The Kier molecular flexibility index (Phi) is 29.7. The predicted molar refractivity (Wildman–Crippen MR) is 90.4 cm³/mol. The lowest BCUT2D eigenvalue weighted by atomic mass is 10.7. The van der Waals surface area contributed by atoms with Crippen molar-refractivity contribution in [2.45, 2.75) is 13.8 Å². The van der Waals surface area contributed by atoms with Gasteiger partial charge >= 0.3 is 0 Å². The smallest absolute Gasteiger partial charge is 0.0701 e. The van der Waals surface area contributed by atoms with E-state index >= 15 is 0 Å². The third kappa shape index (κ3) is 29.7. The first-order valence-corrected chi connectivity index (χ1v) is 8.51. The first kappa shape index (κ1) is 25.9. The molecule has 0 amide bonds. The molecule has 2 N–H and O–H groups in total. The monoisotopic (exact) mass is 356 g/mol. The van der Waals surface area contributed by atoms with Gasteiger partial charge in [-0.3, -0.25) is 0 Å². The van der Waals surface area contributed by atoms with Gasteiger partial charge in [-0.15, -0.1) is 0 Å². The highest BCUT2D eigenvalue weighted by Crippen LogP contribution is 1.82. The molecule has 0 spiro atoms. The van der Waals surface area contributed by atoms with Crippen molar-refractivity contribution >= 4 is 0 Å². The number of aliphatic hydroxyl groups is 2. The van der Waals surface area contributed by atoms with E-state index < -0.39 is 0 Å². The molecular weight excluding hydrogens is 320 g/mol. The number of rotatable bonds is 18. The average molecular weight is 356 g/mol. The maximum absolute atomic E-state index is 8.26. The molecule has 0 saturated heterocycles. The van der Waals surface area contributed by atoms with E-state index in [4.69, 9.17) is 38.6 Å². The van der Waals surface area contributed by atoms with Crippen molar-refractivity contribution in [1.82, 2.24) is 0 Å². The second-order valence-electron chi connectivity index (χ2n) is 4.29. The maximum Gasteiger partial charge on any atom is 0.0701 e. The Bertz CT molecular complexity index is 175. The van der Waals surface area contributed by atoms with Crippen molar-refractivity contribution in [1.29, 1.82) is 0 Å². The normalized spacial score (nSPS) is 10.5. The van der Waals surface area contributed by atoms with Crippen LogP contribution in [0.2, 0.25) is 0 Å². The summed E-state index contributed by atoms with van der Waals surface area (Å²) in [6.45, 7) is 11.0. The standard InChI is InChI=1S/C10H22O4.C6H14O4/c1-3-11-5-7-13-9-10-14-8-6-12-4-2;7-1-3-9-5-6-10-4-2-8/h3-10H2,1-2H3;7-8H,1-6H2. The molecule has 0 saturated carbocycles. The molecule has 0 aliphatic rings. The first-order valence-electron chi connectivity index (χ1n) is 8.51. The minimum atomic E-state index is 0.0417. The second-order valence-corrected chi connectivity index (χ2v) is 4.29. The van der Waals surface area contributed by atoms with E-state index in [0.29, 0.717) is 66.1 Å². The number of hydrogen-bond donors (Lipinski definition) is 2. The Morgan fingerprint density at radius 1 is 0.417 bits per heavy atom. The quantitative estimate of drug-likeness (QED) is 0.334. The molecule has 0 heterocycles. The SMILES string of the molecule is CCOCCOCCOCCOCC.OCCOCCOCCO. The second kappa shape index (κ2) is 27.5. The topological polar surface area (TPSA) is 95.8 Å². The molecule has 0 bridgehead atoms. The number of aliphatic hydroxyl groups excluding tert-OH is 2. The molecule has 0 radical (unpaired) electrons. The van der Waals surface area contributed by atoms with Gasteiger partial charge in [-0.1, -0.05) is 0 Å². The van der Waals surface area contributed by atoms with Crippen LogP contribution in [-0.4, -0.2) is 103 Å². The van der Waals surface area contributed by atoms with E-state index in [1.807, 2.05) is 13.8 Å². The van der Waals surface area contributed by atoms with Crippen molar-refractivity contribution in [2.24, 2.45) is 0 Å².